The number of hydrogen-bond donors (Lipinski definition) is 1. The molecule has 0 aliphatic carbocycles. The van der Waals surface area contributed by atoms with Gasteiger partial charge in [-0.05, 0) is 52.5 Å². The van der Waals surface area contributed by atoms with Crippen molar-refractivity contribution in [2.24, 2.45) is 0 Å². The van der Waals surface area contributed by atoms with Crippen LogP contribution in [0.1, 0.15) is 11.1 Å². The quantitative estimate of drug-likeness (QED) is 0.922. The number of ether oxygens (including phenoxy) is 1. The molecule has 4 heteroatoms. The minimum absolute atomic E-state index is 0.915. The van der Waals surface area contributed by atoms with Gasteiger partial charge in [0, 0.05) is 32.7 Å². The van der Waals surface area contributed by atoms with Crippen molar-refractivity contribution in [1.29, 1.82) is 0 Å². The van der Waals surface area contributed by atoms with Gasteiger partial charge in [0.25, 0.3) is 0 Å². The minimum Gasteiger partial charge on any atom is -0.496 e. The van der Waals surface area contributed by atoms with Crippen LogP contribution in [0, 0.1) is 6.92 Å². The van der Waals surface area contributed by atoms with Crippen LogP contribution < -0.4 is 10.1 Å². The highest BCUT2D eigenvalue weighted by Gasteiger charge is 2.11. The summed E-state index contributed by atoms with van der Waals surface area (Å²) in [6.07, 6.45) is 1.11. The molecule has 0 unspecified atom stereocenters. The minimum atomic E-state index is 0.915. The SMILES string of the molecule is COc1cc(C)c(CCN2CCNCC2)cc1Br. The summed E-state index contributed by atoms with van der Waals surface area (Å²) in [5, 5.41) is 3.38. The second-order valence-electron chi connectivity index (χ2n) is 4.75. The van der Waals surface area contributed by atoms with Gasteiger partial charge in [0.2, 0.25) is 0 Å². The Labute approximate surface area is 118 Å². The Morgan fingerprint density at radius 3 is 2.72 bits per heavy atom. The van der Waals surface area contributed by atoms with Crippen molar-refractivity contribution in [1.82, 2.24) is 10.2 Å². The number of nitrogens with zero attached hydrogens (tertiary/aromatic N) is 1. The van der Waals surface area contributed by atoms with E-state index in [1.807, 2.05) is 0 Å². The van der Waals surface area contributed by atoms with E-state index in [4.69, 9.17) is 4.74 Å². The molecule has 1 saturated heterocycles. The first kappa shape index (κ1) is 13.8. The van der Waals surface area contributed by atoms with Gasteiger partial charge in [0.05, 0.1) is 11.6 Å². The molecular formula is C14H21BrN2O. The van der Waals surface area contributed by atoms with Crippen LogP contribution in [0.2, 0.25) is 0 Å². The number of methoxy groups -OCH3 is 1. The molecule has 0 spiro atoms. The maximum Gasteiger partial charge on any atom is 0.133 e. The Kier molecular flexibility index (Phi) is 5.03. The number of benzene rings is 1. The lowest BCUT2D eigenvalue weighted by Crippen LogP contribution is -2.44. The predicted octanol–water partition coefficient (Wildman–Crippen LogP) is 2.21. The Balaban J connectivity index is 1.98. The third-order valence-electron chi connectivity index (χ3n) is 3.52. The average molecular weight is 313 g/mol. The second-order valence-corrected chi connectivity index (χ2v) is 5.61. The lowest BCUT2D eigenvalue weighted by molar-refractivity contribution is 0.244. The zero-order valence-corrected chi connectivity index (χ0v) is 12.7. The summed E-state index contributed by atoms with van der Waals surface area (Å²) in [7, 11) is 1.71. The van der Waals surface area contributed by atoms with Crippen LogP contribution in [0.15, 0.2) is 16.6 Å². The van der Waals surface area contributed by atoms with Crippen molar-refractivity contribution >= 4 is 15.9 Å². The highest BCUT2D eigenvalue weighted by molar-refractivity contribution is 9.10. The molecule has 0 bridgehead atoms. The first-order valence-corrected chi connectivity index (χ1v) is 7.26. The summed E-state index contributed by atoms with van der Waals surface area (Å²) in [4.78, 5) is 2.52. The van der Waals surface area contributed by atoms with Crippen LogP contribution >= 0.6 is 15.9 Å². The fourth-order valence-electron chi connectivity index (χ4n) is 2.34. The van der Waals surface area contributed by atoms with Gasteiger partial charge in [-0.25, -0.2) is 0 Å². The second kappa shape index (κ2) is 6.55. The molecule has 2 rings (SSSR count). The first-order valence-electron chi connectivity index (χ1n) is 6.47. The molecule has 0 atom stereocenters. The van der Waals surface area contributed by atoms with E-state index in [0.717, 1.165) is 49.4 Å². The van der Waals surface area contributed by atoms with Crippen molar-refractivity contribution in [2.45, 2.75) is 13.3 Å². The van der Waals surface area contributed by atoms with E-state index in [9.17, 15) is 0 Å². The van der Waals surface area contributed by atoms with Crippen molar-refractivity contribution in [3.05, 3.63) is 27.7 Å². The fraction of sp³-hybridized carbons (Fsp3) is 0.571. The van der Waals surface area contributed by atoms with E-state index >= 15 is 0 Å². The van der Waals surface area contributed by atoms with Crippen molar-refractivity contribution < 1.29 is 4.74 Å². The highest BCUT2D eigenvalue weighted by atomic mass is 79.9. The molecule has 18 heavy (non-hydrogen) atoms. The van der Waals surface area contributed by atoms with E-state index in [2.05, 4.69) is 45.2 Å². The van der Waals surface area contributed by atoms with Gasteiger partial charge in [0.15, 0.2) is 0 Å². The molecule has 1 aliphatic rings. The normalized spacial score (nSPS) is 16.8. The van der Waals surface area contributed by atoms with Gasteiger partial charge >= 0.3 is 0 Å². The van der Waals surface area contributed by atoms with Gasteiger partial charge in [-0.2, -0.15) is 0 Å². The molecule has 0 radical (unpaired) electrons. The molecule has 1 N–H and O–H groups in total. The van der Waals surface area contributed by atoms with E-state index in [1.54, 1.807) is 7.11 Å². The van der Waals surface area contributed by atoms with E-state index in [0.29, 0.717) is 0 Å². The molecule has 3 nitrogen and oxygen atoms in total. The molecule has 0 amide bonds. The van der Waals surface area contributed by atoms with Gasteiger partial charge in [0.1, 0.15) is 5.75 Å². The number of aryl methyl sites for hydroxylation is 1. The summed E-state index contributed by atoms with van der Waals surface area (Å²) in [5.74, 6) is 0.915. The summed E-state index contributed by atoms with van der Waals surface area (Å²) < 4.78 is 6.36. The number of piperazine rings is 1. The average Bonchev–Trinajstić information content (AvgIpc) is 2.40. The molecular weight excluding hydrogens is 292 g/mol. The molecule has 0 saturated carbocycles. The Morgan fingerprint density at radius 1 is 1.33 bits per heavy atom. The zero-order valence-electron chi connectivity index (χ0n) is 11.1. The molecule has 100 valence electrons. The Hall–Kier alpha value is -0.580. The summed E-state index contributed by atoms with van der Waals surface area (Å²) in [5.41, 5.74) is 2.71. The smallest absolute Gasteiger partial charge is 0.133 e. The van der Waals surface area contributed by atoms with E-state index in [1.165, 1.54) is 11.1 Å². The lowest BCUT2D eigenvalue weighted by atomic mass is 10.0. The van der Waals surface area contributed by atoms with E-state index < -0.39 is 0 Å². The first-order chi connectivity index (χ1) is 8.70. The van der Waals surface area contributed by atoms with Crippen molar-refractivity contribution in [2.75, 3.05) is 39.8 Å². The number of nitrogens with one attached hydrogen (secondary N) is 1. The molecule has 1 aromatic rings. The van der Waals surface area contributed by atoms with Crippen LogP contribution in [0.25, 0.3) is 0 Å². The summed E-state index contributed by atoms with van der Waals surface area (Å²) in [6, 6.07) is 4.30. The van der Waals surface area contributed by atoms with Gasteiger partial charge in [-0.3, -0.25) is 0 Å². The van der Waals surface area contributed by atoms with Crippen LogP contribution in [0.4, 0.5) is 0 Å². The third-order valence-corrected chi connectivity index (χ3v) is 4.14. The van der Waals surface area contributed by atoms with Gasteiger partial charge in [-0.1, -0.05) is 0 Å². The molecule has 1 fully saturated rings. The van der Waals surface area contributed by atoms with Crippen molar-refractivity contribution in [3.63, 3.8) is 0 Å². The number of halogens is 1. The molecule has 1 heterocycles. The summed E-state index contributed by atoms with van der Waals surface area (Å²) in [6.45, 7) is 7.85. The van der Waals surface area contributed by atoms with Crippen LogP contribution in [-0.4, -0.2) is 44.7 Å². The lowest BCUT2D eigenvalue weighted by Gasteiger charge is -2.27. The molecule has 1 aliphatic heterocycles. The van der Waals surface area contributed by atoms with Crippen LogP contribution in [0.5, 0.6) is 5.75 Å². The molecule has 1 aromatic carbocycles. The third kappa shape index (κ3) is 3.46. The van der Waals surface area contributed by atoms with Gasteiger partial charge < -0.3 is 15.0 Å². The maximum atomic E-state index is 5.31. The van der Waals surface area contributed by atoms with Gasteiger partial charge in [-0.15, -0.1) is 0 Å². The maximum absolute atomic E-state index is 5.31. The predicted molar refractivity (Wildman–Crippen MR) is 78.4 cm³/mol. The zero-order chi connectivity index (χ0) is 13.0. The number of rotatable bonds is 4. The fourth-order valence-corrected chi connectivity index (χ4v) is 2.89. The number of hydrogen-bond acceptors (Lipinski definition) is 3. The topological polar surface area (TPSA) is 24.5 Å². The summed E-state index contributed by atoms with van der Waals surface area (Å²) >= 11 is 3.56. The van der Waals surface area contributed by atoms with Crippen LogP contribution in [0.3, 0.4) is 0 Å². The Morgan fingerprint density at radius 2 is 2.06 bits per heavy atom. The molecule has 0 aromatic heterocycles. The Bertz CT molecular complexity index is 403. The largest absolute Gasteiger partial charge is 0.496 e. The van der Waals surface area contributed by atoms with E-state index in [-0.39, 0.29) is 0 Å². The van der Waals surface area contributed by atoms with Crippen molar-refractivity contribution in [3.8, 4) is 5.75 Å². The van der Waals surface area contributed by atoms with Crippen LogP contribution in [-0.2, 0) is 6.42 Å². The monoisotopic (exact) mass is 312 g/mol. The standard InChI is InChI=1S/C14H21BrN2O/c1-11-9-14(18-2)13(15)10-12(11)3-6-17-7-4-16-5-8-17/h9-10,16H,3-8H2,1-2H3. The highest BCUT2D eigenvalue weighted by Crippen LogP contribution is 2.28.